The maximum atomic E-state index is 5.87. The molecule has 0 fully saturated rings. The lowest BCUT2D eigenvalue weighted by Gasteiger charge is -2.11. The predicted octanol–water partition coefficient (Wildman–Crippen LogP) is 4.04. The number of nitrogens with one attached hydrogen (secondary N) is 1. The van der Waals surface area contributed by atoms with Crippen molar-refractivity contribution in [3.63, 3.8) is 0 Å². The van der Waals surface area contributed by atoms with Gasteiger partial charge in [0.1, 0.15) is 17.3 Å². The average molecular weight is 398 g/mol. The van der Waals surface area contributed by atoms with Crippen LogP contribution in [0.4, 0.5) is 17.6 Å². The van der Waals surface area contributed by atoms with Crippen LogP contribution >= 0.6 is 11.8 Å². The molecule has 1 heterocycles. The van der Waals surface area contributed by atoms with E-state index in [1.807, 2.05) is 49.4 Å². The molecule has 3 aromatic rings. The lowest BCUT2D eigenvalue weighted by Crippen LogP contribution is -2.07. The van der Waals surface area contributed by atoms with Crippen molar-refractivity contribution in [1.29, 1.82) is 0 Å². The highest BCUT2D eigenvalue weighted by Crippen LogP contribution is 2.27. The Kier molecular flexibility index (Phi) is 6.91. The Labute approximate surface area is 168 Å². The summed E-state index contributed by atoms with van der Waals surface area (Å²) < 4.78 is 11.0. The van der Waals surface area contributed by atoms with E-state index < -0.39 is 0 Å². The standard InChI is InChI=1S/C20H23N5O2S/c1-3-27-16-10-6-4-8-14(16)12-28-13-18-23-19(21)25-20(24-18)22-15-9-5-7-11-17(15)26-2/h4-11H,3,12-13H2,1-2H3,(H3,21,22,23,24,25). The number of para-hydroxylation sites is 3. The molecule has 0 spiro atoms. The topological polar surface area (TPSA) is 95.2 Å². The second-order valence-corrected chi connectivity index (χ2v) is 6.78. The van der Waals surface area contributed by atoms with Crippen LogP contribution in [0.1, 0.15) is 18.3 Å². The molecular formula is C20H23N5O2S. The predicted molar refractivity (Wildman–Crippen MR) is 113 cm³/mol. The van der Waals surface area contributed by atoms with Crippen molar-refractivity contribution in [1.82, 2.24) is 15.0 Å². The van der Waals surface area contributed by atoms with Crippen molar-refractivity contribution in [3.8, 4) is 11.5 Å². The molecule has 0 radical (unpaired) electrons. The number of aromatic nitrogens is 3. The molecule has 0 amide bonds. The second kappa shape index (κ2) is 9.80. The van der Waals surface area contributed by atoms with Crippen LogP contribution in [-0.4, -0.2) is 28.7 Å². The van der Waals surface area contributed by atoms with Gasteiger partial charge in [0.05, 0.1) is 25.2 Å². The van der Waals surface area contributed by atoms with Crippen LogP contribution in [0.3, 0.4) is 0 Å². The average Bonchev–Trinajstić information content (AvgIpc) is 2.69. The van der Waals surface area contributed by atoms with Crippen LogP contribution in [0.2, 0.25) is 0 Å². The minimum absolute atomic E-state index is 0.178. The number of nitrogens with zero attached hydrogens (tertiary/aromatic N) is 3. The molecule has 8 heteroatoms. The molecule has 1 aromatic heterocycles. The molecule has 3 rings (SSSR count). The molecule has 28 heavy (non-hydrogen) atoms. The van der Waals surface area contributed by atoms with Crippen LogP contribution in [0.5, 0.6) is 11.5 Å². The molecule has 0 bridgehead atoms. The Morgan fingerprint density at radius 3 is 2.50 bits per heavy atom. The first-order valence-corrected chi connectivity index (χ1v) is 10.0. The molecule has 7 nitrogen and oxygen atoms in total. The van der Waals surface area contributed by atoms with E-state index in [9.17, 15) is 0 Å². The Morgan fingerprint density at radius 1 is 0.964 bits per heavy atom. The van der Waals surface area contributed by atoms with E-state index >= 15 is 0 Å². The van der Waals surface area contributed by atoms with Crippen LogP contribution in [0.15, 0.2) is 48.5 Å². The minimum atomic E-state index is 0.178. The number of ether oxygens (including phenoxy) is 2. The molecule has 0 aliphatic heterocycles. The summed E-state index contributed by atoms with van der Waals surface area (Å²) in [5.41, 5.74) is 7.77. The SMILES string of the molecule is CCOc1ccccc1CSCc1nc(N)nc(Nc2ccccc2OC)n1. The first kappa shape index (κ1) is 19.8. The number of hydrogen-bond donors (Lipinski definition) is 2. The normalized spacial score (nSPS) is 10.5. The Morgan fingerprint density at radius 2 is 1.71 bits per heavy atom. The fourth-order valence-electron chi connectivity index (χ4n) is 2.60. The van der Waals surface area contributed by atoms with Crippen molar-refractivity contribution in [3.05, 3.63) is 59.9 Å². The van der Waals surface area contributed by atoms with Crippen molar-refractivity contribution in [2.24, 2.45) is 0 Å². The highest BCUT2D eigenvalue weighted by Gasteiger charge is 2.09. The smallest absolute Gasteiger partial charge is 0.232 e. The maximum Gasteiger partial charge on any atom is 0.232 e. The summed E-state index contributed by atoms with van der Waals surface area (Å²) >= 11 is 1.69. The maximum absolute atomic E-state index is 5.87. The molecule has 0 unspecified atom stereocenters. The summed E-state index contributed by atoms with van der Waals surface area (Å²) in [6, 6.07) is 15.6. The molecular weight excluding hydrogens is 374 g/mol. The van der Waals surface area contributed by atoms with Gasteiger partial charge >= 0.3 is 0 Å². The summed E-state index contributed by atoms with van der Waals surface area (Å²) in [4.78, 5) is 12.9. The van der Waals surface area contributed by atoms with Crippen LogP contribution < -0.4 is 20.5 Å². The number of rotatable bonds is 9. The van der Waals surface area contributed by atoms with Gasteiger partial charge in [-0.05, 0) is 25.1 Å². The summed E-state index contributed by atoms with van der Waals surface area (Å²) in [5.74, 6) is 4.19. The quantitative estimate of drug-likeness (QED) is 0.559. The van der Waals surface area contributed by atoms with E-state index in [0.717, 1.165) is 22.8 Å². The van der Waals surface area contributed by atoms with Crippen LogP contribution in [-0.2, 0) is 11.5 Å². The highest BCUT2D eigenvalue weighted by molar-refractivity contribution is 7.97. The number of nitrogen functional groups attached to an aromatic ring is 1. The van der Waals surface area contributed by atoms with Gasteiger partial charge in [0.15, 0.2) is 0 Å². The number of anilines is 3. The minimum Gasteiger partial charge on any atom is -0.495 e. The van der Waals surface area contributed by atoms with Crippen molar-refractivity contribution in [2.45, 2.75) is 18.4 Å². The van der Waals surface area contributed by atoms with Gasteiger partial charge in [-0.3, -0.25) is 0 Å². The summed E-state index contributed by atoms with van der Waals surface area (Å²) in [7, 11) is 1.62. The van der Waals surface area contributed by atoms with Crippen molar-refractivity contribution < 1.29 is 9.47 Å². The van der Waals surface area contributed by atoms with E-state index in [1.165, 1.54) is 0 Å². The first-order chi connectivity index (χ1) is 13.7. The van der Waals surface area contributed by atoms with E-state index in [2.05, 4.69) is 26.3 Å². The van der Waals surface area contributed by atoms with Gasteiger partial charge in [0.2, 0.25) is 11.9 Å². The molecule has 0 aliphatic carbocycles. The molecule has 0 atom stereocenters. The van der Waals surface area contributed by atoms with Gasteiger partial charge in [-0.25, -0.2) is 0 Å². The Bertz CT molecular complexity index is 923. The van der Waals surface area contributed by atoms with Gasteiger partial charge in [-0.15, -0.1) is 11.8 Å². The first-order valence-electron chi connectivity index (χ1n) is 8.88. The molecule has 0 saturated heterocycles. The monoisotopic (exact) mass is 397 g/mol. The number of benzene rings is 2. The fraction of sp³-hybridized carbons (Fsp3) is 0.250. The number of hydrogen-bond acceptors (Lipinski definition) is 8. The summed E-state index contributed by atoms with van der Waals surface area (Å²) in [6.45, 7) is 2.62. The zero-order valence-corrected chi connectivity index (χ0v) is 16.7. The lowest BCUT2D eigenvalue weighted by molar-refractivity contribution is 0.337. The zero-order chi connectivity index (χ0) is 19.8. The lowest BCUT2D eigenvalue weighted by atomic mass is 10.2. The van der Waals surface area contributed by atoms with Crippen LogP contribution in [0, 0.1) is 0 Å². The summed E-state index contributed by atoms with van der Waals surface area (Å²) in [6.07, 6.45) is 0. The van der Waals surface area contributed by atoms with Gasteiger partial charge in [0.25, 0.3) is 0 Å². The van der Waals surface area contributed by atoms with Crippen molar-refractivity contribution >= 4 is 29.3 Å². The third-order valence-corrected chi connectivity index (χ3v) is 4.79. The third kappa shape index (κ3) is 5.26. The van der Waals surface area contributed by atoms with E-state index in [0.29, 0.717) is 29.9 Å². The molecule has 0 aliphatic rings. The number of methoxy groups -OCH3 is 1. The molecule has 146 valence electrons. The molecule has 0 saturated carbocycles. The van der Waals surface area contributed by atoms with Gasteiger partial charge in [-0.2, -0.15) is 15.0 Å². The highest BCUT2D eigenvalue weighted by atomic mass is 32.2. The largest absolute Gasteiger partial charge is 0.495 e. The Hall–Kier alpha value is -3.00. The Balaban J connectivity index is 1.67. The summed E-state index contributed by atoms with van der Waals surface area (Å²) in [5, 5.41) is 3.14. The van der Waals surface area contributed by atoms with E-state index in [1.54, 1.807) is 18.9 Å². The van der Waals surface area contributed by atoms with Crippen LogP contribution in [0.25, 0.3) is 0 Å². The fourth-order valence-corrected chi connectivity index (χ4v) is 3.47. The number of nitrogens with two attached hydrogens (primary N) is 1. The molecule has 3 N–H and O–H groups in total. The van der Waals surface area contributed by atoms with E-state index in [4.69, 9.17) is 15.2 Å². The van der Waals surface area contributed by atoms with Gasteiger partial charge in [0, 0.05) is 11.3 Å². The second-order valence-electron chi connectivity index (χ2n) is 5.79. The van der Waals surface area contributed by atoms with Gasteiger partial charge in [-0.1, -0.05) is 30.3 Å². The van der Waals surface area contributed by atoms with Gasteiger partial charge < -0.3 is 20.5 Å². The number of thioether (sulfide) groups is 1. The van der Waals surface area contributed by atoms with E-state index in [-0.39, 0.29) is 5.95 Å². The molecule has 2 aromatic carbocycles. The third-order valence-electron chi connectivity index (χ3n) is 3.81. The zero-order valence-electron chi connectivity index (χ0n) is 15.9. The van der Waals surface area contributed by atoms with Crippen molar-refractivity contribution in [2.75, 3.05) is 24.8 Å².